The molecule has 0 bridgehead atoms. The van der Waals surface area contributed by atoms with Crippen LogP contribution < -0.4 is 0 Å². The van der Waals surface area contributed by atoms with Crippen molar-refractivity contribution in [2.75, 3.05) is 19.8 Å². The summed E-state index contributed by atoms with van der Waals surface area (Å²) in [6.07, 6.45) is 1.34. The summed E-state index contributed by atoms with van der Waals surface area (Å²) >= 11 is 0. The van der Waals surface area contributed by atoms with Crippen molar-refractivity contribution in [3.63, 3.8) is 0 Å². The number of hydrogen-bond acceptors (Lipinski definition) is 4. The number of hydrogen-bond donors (Lipinski definition) is 1. The number of ether oxygens (including phenoxy) is 1. The zero-order valence-electron chi connectivity index (χ0n) is 13.8. The summed E-state index contributed by atoms with van der Waals surface area (Å²) in [7, 11) is 0. The van der Waals surface area contributed by atoms with Gasteiger partial charge < -0.3 is 19.2 Å². The zero-order valence-corrected chi connectivity index (χ0v) is 13.8. The molecule has 2 heterocycles. The molecule has 0 aliphatic carbocycles. The van der Waals surface area contributed by atoms with Crippen LogP contribution in [0.2, 0.25) is 0 Å². The van der Waals surface area contributed by atoms with Gasteiger partial charge in [0.1, 0.15) is 5.58 Å². The Balaban J connectivity index is 1.85. The lowest BCUT2D eigenvalue weighted by molar-refractivity contribution is -0.134. The van der Waals surface area contributed by atoms with Crippen LogP contribution >= 0.6 is 0 Å². The summed E-state index contributed by atoms with van der Waals surface area (Å²) in [6, 6.07) is 3.83. The van der Waals surface area contributed by atoms with E-state index < -0.39 is 6.10 Å². The molecule has 2 atom stereocenters. The molecule has 0 unspecified atom stereocenters. The van der Waals surface area contributed by atoms with E-state index in [-0.39, 0.29) is 18.4 Å². The lowest BCUT2D eigenvalue weighted by Gasteiger charge is -2.28. The van der Waals surface area contributed by atoms with Gasteiger partial charge in [-0.3, -0.25) is 4.79 Å². The molecule has 1 aromatic heterocycles. The number of rotatable bonds is 4. The molecule has 0 spiro atoms. The minimum absolute atomic E-state index is 0.00951. The molecular weight excluding hydrogens is 294 g/mol. The summed E-state index contributed by atoms with van der Waals surface area (Å²) in [6.45, 7) is 7.22. The Morgan fingerprint density at radius 2 is 2.13 bits per heavy atom. The van der Waals surface area contributed by atoms with Crippen LogP contribution in [0.4, 0.5) is 0 Å². The van der Waals surface area contributed by atoms with Gasteiger partial charge in [0.15, 0.2) is 0 Å². The van der Waals surface area contributed by atoms with Crippen LogP contribution in [0, 0.1) is 13.8 Å². The van der Waals surface area contributed by atoms with Gasteiger partial charge in [-0.1, -0.05) is 6.07 Å². The van der Waals surface area contributed by atoms with Crippen molar-refractivity contribution in [3.05, 3.63) is 35.1 Å². The van der Waals surface area contributed by atoms with E-state index in [0.29, 0.717) is 19.8 Å². The SMILES string of the molecule is CCN(C(=O)Cc1coc2cc(C)cc(C)c12)[C@H]1COC[C@@H]1O. The van der Waals surface area contributed by atoms with Crippen molar-refractivity contribution >= 4 is 16.9 Å². The number of benzene rings is 1. The quantitative estimate of drug-likeness (QED) is 0.939. The average Bonchev–Trinajstić information content (AvgIpc) is 3.07. The molecule has 1 N–H and O–H groups in total. The van der Waals surface area contributed by atoms with Gasteiger partial charge in [0, 0.05) is 17.5 Å². The van der Waals surface area contributed by atoms with Crippen molar-refractivity contribution < 1.29 is 19.1 Å². The maximum absolute atomic E-state index is 12.7. The number of amides is 1. The lowest BCUT2D eigenvalue weighted by Crippen LogP contribution is -2.47. The van der Waals surface area contributed by atoms with Gasteiger partial charge >= 0.3 is 0 Å². The highest BCUT2D eigenvalue weighted by Gasteiger charge is 2.33. The zero-order chi connectivity index (χ0) is 16.6. The molecular formula is C18H23NO4. The second-order valence-electron chi connectivity index (χ2n) is 6.24. The number of carbonyl (C=O) groups excluding carboxylic acids is 1. The predicted octanol–water partition coefficient (Wildman–Crippen LogP) is 2.20. The molecule has 5 nitrogen and oxygen atoms in total. The molecule has 0 radical (unpaired) electrons. The average molecular weight is 317 g/mol. The Labute approximate surface area is 135 Å². The van der Waals surface area contributed by atoms with Gasteiger partial charge in [0.2, 0.25) is 5.91 Å². The Bertz CT molecular complexity index is 721. The molecule has 1 saturated heterocycles. The third-order valence-corrected chi connectivity index (χ3v) is 4.52. The number of fused-ring (bicyclic) bond motifs is 1. The fourth-order valence-electron chi connectivity index (χ4n) is 3.45. The normalized spacial score (nSPS) is 21.0. The van der Waals surface area contributed by atoms with Crippen LogP contribution in [0.1, 0.15) is 23.6 Å². The Morgan fingerprint density at radius 3 is 2.78 bits per heavy atom. The minimum Gasteiger partial charge on any atom is -0.464 e. The summed E-state index contributed by atoms with van der Waals surface area (Å²) in [4.78, 5) is 14.4. The van der Waals surface area contributed by atoms with Gasteiger partial charge in [-0.2, -0.15) is 0 Å². The fourth-order valence-corrected chi connectivity index (χ4v) is 3.45. The van der Waals surface area contributed by atoms with Gasteiger partial charge in [-0.05, 0) is 38.0 Å². The van der Waals surface area contributed by atoms with E-state index in [1.165, 1.54) is 0 Å². The maximum atomic E-state index is 12.7. The first-order valence-corrected chi connectivity index (χ1v) is 8.03. The molecule has 1 aliphatic rings. The van der Waals surface area contributed by atoms with E-state index >= 15 is 0 Å². The van der Waals surface area contributed by atoms with Gasteiger partial charge in [0.25, 0.3) is 0 Å². The number of aliphatic hydroxyl groups is 1. The van der Waals surface area contributed by atoms with E-state index in [0.717, 1.165) is 27.7 Å². The topological polar surface area (TPSA) is 62.9 Å². The first kappa shape index (κ1) is 16.0. The van der Waals surface area contributed by atoms with Crippen molar-refractivity contribution in [1.29, 1.82) is 0 Å². The number of furan rings is 1. The van der Waals surface area contributed by atoms with E-state index in [1.807, 2.05) is 26.8 Å². The van der Waals surface area contributed by atoms with Crippen LogP contribution in [-0.4, -0.2) is 47.8 Å². The number of aliphatic hydroxyl groups excluding tert-OH is 1. The van der Waals surface area contributed by atoms with Crippen LogP contribution in [0.15, 0.2) is 22.8 Å². The highest BCUT2D eigenvalue weighted by molar-refractivity contribution is 5.90. The summed E-state index contributed by atoms with van der Waals surface area (Å²) in [5.74, 6) is -0.00951. The van der Waals surface area contributed by atoms with E-state index in [1.54, 1.807) is 11.2 Å². The molecule has 23 heavy (non-hydrogen) atoms. The van der Waals surface area contributed by atoms with Gasteiger partial charge in [-0.25, -0.2) is 0 Å². The highest BCUT2D eigenvalue weighted by atomic mass is 16.5. The van der Waals surface area contributed by atoms with Gasteiger partial charge in [-0.15, -0.1) is 0 Å². The number of likely N-dealkylation sites (N-methyl/N-ethyl adjacent to an activating group) is 1. The van der Waals surface area contributed by atoms with Gasteiger partial charge in [0.05, 0.1) is 38.0 Å². The second kappa shape index (κ2) is 6.34. The predicted molar refractivity (Wildman–Crippen MR) is 87.4 cm³/mol. The van der Waals surface area contributed by atoms with E-state index in [2.05, 4.69) is 6.07 Å². The van der Waals surface area contributed by atoms with Crippen molar-refractivity contribution in [2.24, 2.45) is 0 Å². The molecule has 3 rings (SSSR count). The van der Waals surface area contributed by atoms with Crippen molar-refractivity contribution in [3.8, 4) is 0 Å². The standard InChI is InChI=1S/C18H23NO4/c1-4-19(14-9-22-10-15(14)20)17(21)7-13-8-23-16-6-11(2)5-12(3)18(13)16/h5-6,8,14-15,20H,4,7,9-10H2,1-3H3/t14-,15-/m0/s1. The second-order valence-corrected chi connectivity index (χ2v) is 6.24. The Hall–Kier alpha value is -1.85. The van der Waals surface area contributed by atoms with E-state index in [4.69, 9.17) is 9.15 Å². The highest BCUT2D eigenvalue weighted by Crippen LogP contribution is 2.27. The third-order valence-electron chi connectivity index (χ3n) is 4.52. The molecule has 1 fully saturated rings. The van der Waals surface area contributed by atoms with Crippen LogP contribution in [-0.2, 0) is 16.0 Å². The number of carbonyl (C=O) groups is 1. The van der Waals surface area contributed by atoms with Crippen molar-refractivity contribution in [1.82, 2.24) is 4.90 Å². The summed E-state index contributed by atoms with van der Waals surface area (Å²) < 4.78 is 10.9. The molecule has 1 aromatic carbocycles. The van der Waals surface area contributed by atoms with Crippen LogP contribution in [0.5, 0.6) is 0 Å². The molecule has 2 aromatic rings. The monoisotopic (exact) mass is 317 g/mol. The van der Waals surface area contributed by atoms with Crippen LogP contribution in [0.3, 0.4) is 0 Å². The fraction of sp³-hybridized carbons (Fsp3) is 0.500. The first-order chi connectivity index (χ1) is 11.0. The summed E-state index contributed by atoms with van der Waals surface area (Å²) in [5.41, 5.74) is 3.97. The minimum atomic E-state index is -0.607. The largest absolute Gasteiger partial charge is 0.464 e. The van der Waals surface area contributed by atoms with E-state index in [9.17, 15) is 9.90 Å². The Kier molecular flexibility index (Phi) is 4.41. The summed E-state index contributed by atoms with van der Waals surface area (Å²) in [5, 5.41) is 11.0. The number of nitrogens with zero attached hydrogens (tertiary/aromatic N) is 1. The Morgan fingerprint density at radius 1 is 1.35 bits per heavy atom. The molecule has 0 saturated carbocycles. The molecule has 124 valence electrons. The lowest BCUT2D eigenvalue weighted by atomic mass is 10.0. The van der Waals surface area contributed by atoms with Crippen molar-refractivity contribution in [2.45, 2.75) is 39.3 Å². The molecule has 1 aliphatic heterocycles. The molecule has 5 heteroatoms. The maximum Gasteiger partial charge on any atom is 0.227 e. The number of aryl methyl sites for hydroxylation is 2. The molecule has 1 amide bonds. The smallest absolute Gasteiger partial charge is 0.227 e. The third kappa shape index (κ3) is 2.99. The first-order valence-electron chi connectivity index (χ1n) is 8.03. The van der Waals surface area contributed by atoms with Crippen LogP contribution in [0.25, 0.3) is 11.0 Å².